The summed E-state index contributed by atoms with van der Waals surface area (Å²) in [4.78, 5) is 12.6. The average molecular weight is 178 g/mol. The first-order valence-electron chi connectivity index (χ1n) is 2.63. The molecule has 0 aromatic carbocycles. The Labute approximate surface area is 57.0 Å². The van der Waals surface area contributed by atoms with Gasteiger partial charge in [-0.1, -0.05) is 15.9 Å². The van der Waals surface area contributed by atoms with Crippen molar-refractivity contribution in [1.82, 2.24) is 4.90 Å². The zero-order valence-corrected chi connectivity index (χ0v) is 6.15. The molecular weight excluding hydrogens is 170 g/mol. The van der Waals surface area contributed by atoms with Crippen LogP contribution in [-0.2, 0) is 4.79 Å². The molecule has 3 heteroatoms. The van der Waals surface area contributed by atoms with Crippen molar-refractivity contribution in [3.8, 4) is 0 Å². The average Bonchev–Trinajstić information content (AvgIpc) is 2.14. The van der Waals surface area contributed by atoms with E-state index < -0.39 is 0 Å². The molecule has 0 radical (unpaired) electrons. The number of halogens is 1. The van der Waals surface area contributed by atoms with Crippen molar-refractivity contribution in [2.75, 3.05) is 18.5 Å². The van der Waals surface area contributed by atoms with Crippen LogP contribution in [0.2, 0.25) is 0 Å². The second-order valence-electron chi connectivity index (χ2n) is 1.96. The minimum Gasteiger partial charge on any atom is -0.298 e. The molecule has 1 aliphatic rings. The highest BCUT2D eigenvalue weighted by atomic mass is 79.9. The lowest BCUT2D eigenvalue weighted by atomic mass is 10.4. The minimum atomic E-state index is 0.365. The van der Waals surface area contributed by atoms with E-state index in [1.54, 1.807) is 0 Å². The highest BCUT2D eigenvalue weighted by Gasteiger charge is 2.16. The molecule has 1 saturated heterocycles. The lowest BCUT2D eigenvalue weighted by molar-refractivity contribution is -0.116. The van der Waals surface area contributed by atoms with Gasteiger partial charge in [-0.15, -0.1) is 0 Å². The van der Waals surface area contributed by atoms with E-state index in [4.69, 9.17) is 0 Å². The third kappa shape index (κ3) is 1.29. The summed E-state index contributed by atoms with van der Waals surface area (Å²) < 4.78 is 0. The summed E-state index contributed by atoms with van der Waals surface area (Å²) in [5.74, 6) is 0.365. The third-order valence-electron chi connectivity index (χ3n) is 1.28. The van der Waals surface area contributed by atoms with Crippen molar-refractivity contribution in [2.45, 2.75) is 6.42 Å². The van der Waals surface area contributed by atoms with Gasteiger partial charge in [0.25, 0.3) is 0 Å². The van der Waals surface area contributed by atoms with Crippen LogP contribution in [0.3, 0.4) is 0 Å². The molecule has 8 heavy (non-hydrogen) atoms. The van der Waals surface area contributed by atoms with Crippen molar-refractivity contribution < 1.29 is 4.79 Å². The number of rotatable bonds is 1. The van der Waals surface area contributed by atoms with Gasteiger partial charge in [0.15, 0.2) is 0 Å². The predicted molar refractivity (Wildman–Crippen MR) is 35.0 cm³/mol. The van der Waals surface area contributed by atoms with Gasteiger partial charge in [0.2, 0.25) is 0 Å². The Hall–Kier alpha value is 0.110. The Balaban J connectivity index is 2.32. The van der Waals surface area contributed by atoms with E-state index in [2.05, 4.69) is 20.8 Å². The van der Waals surface area contributed by atoms with E-state index in [1.165, 1.54) is 0 Å². The molecule has 0 saturated carbocycles. The van der Waals surface area contributed by atoms with Gasteiger partial charge in [0.1, 0.15) is 5.78 Å². The van der Waals surface area contributed by atoms with Crippen LogP contribution in [0.5, 0.6) is 0 Å². The predicted octanol–water partition coefficient (Wildman–Crippen LogP) is 0.614. The highest BCUT2D eigenvalue weighted by molar-refractivity contribution is 9.09. The first-order chi connectivity index (χ1) is 3.83. The summed E-state index contributed by atoms with van der Waals surface area (Å²) in [6.45, 7) is 1.58. The zero-order valence-electron chi connectivity index (χ0n) is 4.56. The van der Waals surface area contributed by atoms with E-state index in [0.29, 0.717) is 12.3 Å². The van der Waals surface area contributed by atoms with Crippen LogP contribution in [0.1, 0.15) is 6.42 Å². The Kier molecular flexibility index (Phi) is 2.02. The molecular formula is C5H8BrNO. The fraction of sp³-hybridized carbons (Fsp3) is 0.800. The largest absolute Gasteiger partial charge is 0.298 e. The van der Waals surface area contributed by atoms with Gasteiger partial charge in [-0.05, 0) is 0 Å². The van der Waals surface area contributed by atoms with E-state index in [9.17, 15) is 4.79 Å². The summed E-state index contributed by atoms with van der Waals surface area (Å²) in [5, 5.41) is 0. The number of hydrogen-bond donors (Lipinski definition) is 0. The summed E-state index contributed by atoms with van der Waals surface area (Å²) >= 11 is 3.28. The van der Waals surface area contributed by atoms with Gasteiger partial charge in [0.05, 0.1) is 12.0 Å². The van der Waals surface area contributed by atoms with E-state index in [0.717, 1.165) is 18.4 Å². The highest BCUT2D eigenvalue weighted by Crippen LogP contribution is 2.04. The zero-order chi connectivity index (χ0) is 5.98. The van der Waals surface area contributed by atoms with Crippen molar-refractivity contribution in [1.29, 1.82) is 0 Å². The number of ketones is 1. The number of hydrogen-bond acceptors (Lipinski definition) is 2. The molecule has 0 aromatic rings. The number of carbonyl (C=O) groups is 1. The first-order valence-corrected chi connectivity index (χ1v) is 3.75. The van der Waals surface area contributed by atoms with E-state index in [-0.39, 0.29) is 0 Å². The monoisotopic (exact) mass is 177 g/mol. The molecule has 1 fully saturated rings. The van der Waals surface area contributed by atoms with Crippen LogP contribution in [0.4, 0.5) is 0 Å². The van der Waals surface area contributed by atoms with Gasteiger partial charge in [-0.25, -0.2) is 0 Å². The standard InChI is InChI=1S/C5H8BrNO/c6-4-7-2-1-5(8)3-7/h1-4H2. The molecule has 1 heterocycles. The van der Waals surface area contributed by atoms with Crippen LogP contribution < -0.4 is 0 Å². The fourth-order valence-electron chi connectivity index (χ4n) is 0.792. The maximum Gasteiger partial charge on any atom is 0.148 e. The van der Waals surface area contributed by atoms with E-state index in [1.807, 2.05) is 0 Å². The lowest BCUT2D eigenvalue weighted by Crippen LogP contribution is -2.17. The fourth-order valence-corrected chi connectivity index (χ4v) is 1.22. The quantitative estimate of drug-likeness (QED) is 0.433. The normalized spacial score (nSPS) is 22.4. The topological polar surface area (TPSA) is 20.3 Å². The molecule has 0 aromatic heterocycles. The van der Waals surface area contributed by atoms with Gasteiger partial charge >= 0.3 is 0 Å². The maximum absolute atomic E-state index is 10.5. The Morgan fingerprint density at radius 3 is 2.75 bits per heavy atom. The van der Waals surface area contributed by atoms with Crippen LogP contribution >= 0.6 is 15.9 Å². The number of alkyl halides is 1. The number of likely N-dealkylation sites (tertiary alicyclic amines) is 1. The molecule has 0 aliphatic carbocycles. The minimum absolute atomic E-state index is 0.365. The number of Topliss-reactive ketones (excluding diaryl/α,β-unsaturated/α-hetero) is 1. The van der Waals surface area contributed by atoms with Crippen molar-refractivity contribution in [3.05, 3.63) is 0 Å². The Morgan fingerprint density at radius 2 is 2.50 bits per heavy atom. The maximum atomic E-state index is 10.5. The molecule has 0 bridgehead atoms. The SMILES string of the molecule is O=C1CCN(CBr)C1. The molecule has 1 rings (SSSR count). The van der Waals surface area contributed by atoms with Gasteiger partial charge in [-0.3, -0.25) is 9.69 Å². The van der Waals surface area contributed by atoms with Crippen LogP contribution in [0.15, 0.2) is 0 Å². The molecule has 0 N–H and O–H groups in total. The molecule has 0 unspecified atom stereocenters. The number of nitrogens with zero attached hydrogens (tertiary/aromatic N) is 1. The van der Waals surface area contributed by atoms with Crippen LogP contribution in [0.25, 0.3) is 0 Å². The van der Waals surface area contributed by atoms with Gasteiger partial charge in [0, 0.05) is 13.0 Å². The summed E-state index contributed by atoms with van der Waals surface area (Å²) in [7, 11) is 0. The molecule has 0 amide bonds. The summed E-state index contributed by atoms with van der Waals surface area (Å²) in [6.07, 6.45) is 0.742. The smallest absolute Gasteiger partial charge is 0.148 e. The van der Waals surface area contributed by atoms with Crippen LogP contribution in [-0.4, -0.2) is 29.2 Å². The second-order valence-corrected chi connectivity index (χ2v) is 2.46. The van der Waals surface area contributed by atoms with Gasteiger partial charge in [-0.2, -0.15) is 0 Å². The van der Waals surface area contributed by atoms with Crippen molar-refractivity contribution >= 4 is 21.7 Å². The van der Waals surface area contributed by atoms with E-state index >= 15 is 0 Å². The van der Waals surface area contributed by atoms with Crippen molar-refractivity contribution in [2.24, 2.45) is 0 Å². The molecule has 1 aliphatic heterocycles. The molecule has 0 spiro atoms. The Morgan fingerprint density at radius 1 is 1.75 bits per heavy atom. The van der Waals surface area contributed by atoms with Gasteiger partial charge < -0.3 is 0 Å². The Bertz CT molecular complexity index is 105. The number of carbonyl (C=O) groups excluding carboxylic acids is 1. The van der Waals surface area contributed by atoms with Crippen molar-refractivity contribution in [3.63, 3.8) is 0 Å². The molecule has 2 nitrogen and oxygen atoms in total. The third-order valence-corrected chi connectivity index (χ3v) is 1.99. The summed E-state index contributed by atoms with van der Waals surface area (Å²) in [6, 6.07) is 0. The molecule has 46 valence electrons. The summed E-state index contributed by atoms with van der Waals surface area (Å²) in [5.41, 5.74) is 0.832. The second kappa shape index (κ2) is 2.60. The van der Waals surface area contributed by atoms with Crippen LogP contribution in [0, 0.1) is 0 Å². The first kappa shape index (κ1) is 6.23. The lowest BCUT2D eigenvalue weighted by Gasteiger charge is -2.05. The molecule has 0 atom stereocenters.